The number of anilines is 1. The lowest BCUT2D eigenvalue weighted by Gasteiger charge is -2.10. The third-order valence-corrected chi connectivity index (χ3v) is 3.60. The summed E-state index contributed by atoms with van der Waals surface area (Å²) in [6, 6.07) is 15.0. The molecule has 21 heavy (non-hydrogen) atoms. The molecule has 0 aliphatic rings. The Balaban J connectivity index is 1.83. The smallest absolute Gasteiger partial charge is 0.157 e. The van der Waals surface area contributed by atoms with Crippen molar-refractivity contribution in [1.82, 2.24) is 4.98 Å². The minimum Gasteiger partial charge on any atom is -0.484 e. The fourth-order valence-corrected chi connectivity index (χ4v) is 2.67. The molecule has 3 nitrogen and oxygen atoms in total. The molecule has 106 valence electrons. The predicted molar refractivity (Wildman–Crippen MR) is 86.9 cm³/mol. The lowest BCUT2D eigenvalue weighted by atomic mass is 10.2. The standard InChI is InChI=1S/C16H12Cl2N2O/c17-13-7-11(19)8-14(18)16(13)21-9-12-6-5-10-3-1-2-4-15(10)20-12/h1-8H,9,19H2. The van der Waals surface area contributed by atoms with E-state index in [0.717, 1.165) is 16.6 Å². The highest BCUT2D eigenvalue weighted by Crippen LogP contribution is 2.35. The Hall–Kier alpha value is -1.97. The van der Waals surface area contributed by atoms with Crippen molar-refractivity contribution in [2.24, 2.45) is 0 Å². The molecule has 0 bridgehead atoms. The number of nitrogen functional groups attached to an aromatic ring is 1. The van der Waals surface area contributed by atoms with E-state index in [1.54, 1.807) is 12.1 Å². The molecule has 5 heteroatoms. The first-order valence-electron chi connectivity index (χ1n) is 6.35. The zero-order valence-electron chi connectivity index (χ0n) is 11.0. The van der Waals surface area contributed by atoms with Crippen molar-refractivity contribution in [1.29, 1.82) is 0 Å². The molecule has 0 aliphatic heterocycles. The van der Waals surface area contributed by atoms with Gasteiger partial charge in [0.05, 0.1) is 21.3 Å². The molecule has 0 spiro atoms. The lowest BCUT2D eigenvalue weighted by molar-refractivity contribution is 0.302. The summed E-state index contributed by atoms with van der Waals surface area (Å²) in [5.74, 6) is 0.419. The van der Waals surface area contributed by atoms with Crippen molar-refractivity contribution >= 4 is 39.8 Å². The first-order chi connectivity index (χ1) is 10.1. The Morgan fingerprint density at radius 2 is 1.71 bits per heavy atom. The number of nitrogens with zero attached hydrogens (tertiary/aromatic N) is 1. The van der Waals surface area contributed by atoms with Gasteiger partial charge < -0.3 is 10.5 Å². The van der Waals surface area contributed by atoms with Crippen LogP contribution in [0.5, 0.6) is 5.75 Å². The van der Waals surface area contributed by atoms with Crippen molar-refractivity contribution in [3.8, 4) is 5.75 Å². The van der Waals surface area contributed by atoms with Gasteiger partial charge in [-0.25, -0.2) is 4.98 Å². The van der Waals surface area contributed by atoms with E-state index >= 15 is 0 Å². The average molecular weight is 319 g/mol. The average Bonchev–Trinajstić information content (AvgIpc) is 2.46. The summed E-state index contributed by atoms with van der Waals surface area (Å²) in [5, 5.41) is 1.87. The fraction of sp³-hybridized carbons (Fsp3) is 0.0625. The van der Waals surface area contributed by atoms with Gasteiger partial charge in [0, 0.05) is 11.1 Å². The fourth-order valence-electron chi connectivity index (χ4n) is 2.05. The summed E-state index contributed by atoms with van der Waals surface area (Å²) >= 11 is 12.2. The molecule has 0 atom stereocenters. The van der Waals surface area contributed by atoms with E-state index in [0.29, 0.717) is 21.5 Å². The third kappa shape index (κ3) is 3.04. The first-order valence-corrected chi connectivity index (χ1v) is 7.11. The van der Waals surface area contributed by atoms with Crippen LogP contribution in [0.15, 0.2) is 48.5 Å². The van der Waals surface area contributed by atoms with Crippen LogP contribution in [-0.2, 0) is 6.61 Å². The van der Waals surface area contributed by atoms with Crippen molar-refractivity contribution < 1.29 is 4.74 Å². The molecule has 0 unspecified atom stereocenters. The molecular formula is C16H12Cl2N2O. The molecular weight excluding hydrogens is 307 g/mol. The highest BCUT2D eigenvalue weighted by Gasteiger charge is 2.09. The SMILES string of the molecule is Nc1cc(Cl)c(OCc2ccc3ccccc3n2)c(Cl)c1. The number of ether oxygens (including phenoxy) is 1. The number of aromatic nitrogens is 1. The molecule has 3 aromatic rings. The summed E-state index contributed by atoms with van der Waals surface area (Å²) in [6.07, 6.45) is 0. The summed E-state index contributed by atoms with van der Waals surface area (Å²) < 4.78 is 5.68. The molecule has 0 aliphatic carbocycles. The van der Waals surface area contributed by atoms with Crippen molar-refractivity contribution in [2.75, 3.05) is 5.73 Å². The summed E-state index contributed by atoms with van der Waals surface area (Å²) in [4.78, 5) is 4.53. The Morgan fingerprint density at radius 3 is 2.48 bits per heavy atom. The number of pyridine rings is 1. The summed E-state index contributed by atoms with van der Waals surface area (Å²) in [6.45, 7) is 0.286. The monoisotopic (exact) mass is 318 g/mol. The van der Waals surface area contributed by atoms with E-state index in [-0.39, 0.29) is 6.61 Å². The van der Waals surface area contributed by atoms with E-state index in [1.165, 1.54) is 0 Å². The van der Waals surface area contributed by atoms with Crippen LogP contribution in [0.3, 0.4) is 0 Å². The maximum Gasteiger partial charge on any atom is 0.157 e. The van der Waals surface area contributed by atoms with Crippen molar-refractivity contribution in [2.45, 2.75) is 6.61 Å². The summed E-state index contributed by atoms with van der Waals surface area (Å²) in [7, 11) is 0. The van der Waals surface area contributed by atoms with Gasteiger partial charge in [-0.2, -0.15) is 0 Å². The van der Waals surface area contributed by atoms with Gasteiger partial charge in [-0.3, -0.25) is 0 Å². The minimum atomic E-state index is 0.286. The largest absolute Gasteiger partial charge is 0.484 e. The van der Waals surface area contributed by atoms with Gasteiger partial charge in [0.25, 0.3) is 0 Å². The predicted octanol–water partition coefficient (Wildman–Crippen LogP) is 4.70. The second-order valence-electron chi connectivity index (χ2n) is 4.60. The van der Waals surface area contributed by atoms with Crippen LogP contribution in [0.2, 0.25) is 10.0 Å². The van der Waals surface area contributed by atoms with Crippen LogP contribution < -0.4 is 10.5 Å². The first kappa shape index (κ1) is 14.0. The van der Waals surface area contributed by atoms with Crippen molar-refractivity contribution in [3.05, 3.63) is 64.3 Å². The molecule has 2 aromatic carbocycles. The number of benzene rings is 2. The quantitative estimate of drug-likeness (QED) is 0.712. The number of para-hydroxylation sites is 1. The number of hydrogen-bond donors (Lipinski definition) is 1. The van der Waals surface area contributed by atoms with E-state index < -0.39 is 0 Å². The molecule has 0 amide bonds. The van der Waals surface area contributed by atoms with E-state index in [4.69, 9.17) is 33.7 Å². The lowest BCUT2D eigenvalue weighted by Crippen LogP contribution is -2.00. The maximum atomic E-state index is 6.09. The number of nitrogens with two attached hydrogens (primary N) is 1. The highest BCUT2D eigenvalue weighted by molar-refractivity contribution is 6.37. The topological polar surface area (TPSA) is 48.1 Å². The van der Waals surface area contributed by atoms with E-state index in [9.17, 15) is 0 Å². The van der Waals surface area contributed by atoms with E-state index in [1.807, 2.05) is 36.4 Å². The van der Waals surface area contributed by atoms with Crippen LogP contribution in [0, 0.1) is 0 Å². The van der Waals surface area contributed by atoms with Crippen LogP contribution >= 0.6 is 23.2 Å². The number of fused-ring (bicyclic) bond motifs is 1. The van der Waals surface area contributed by atoms with Crippen LogP contribution in [0.4, 0.5) is 5.69 Å². The third-order valence-electron chi connectivity index (χ3n) is 3.04. The van der Waals surface area contributed by atoms with Gasteiger partial charge in [0.2, 0.25) is 0 Å². The molecule has 1 heterocycles. The Bertz CT molecular complexity index is 782. The van der Waals surface area contributed by atoms with Gasteiger partial charge in [0.1, 0.15) is 6.61 Å². The van der Waals surface area contributed by atoms with Crippen molar-refractivity contribution in [3.63, 3.8) is 0 Å². The molecule has 1 aromatic heterocycles. The molecule has 3 rings (SSSR count). The Kier molecular flexibility index (Phi) is 3.86. The van der Waals surface area contributed by atoms with Gasteiger partial charge in [-0.05, 0) is 24.3 Å². The molecule has 0 saturated carbocycles. The number of rotatable bonds is 3. The molecule has 0 radical (unpaired) electrons. The normalized spacial score (nSPS) is 10.8. The minimum absolute atomic E-state index is 0.286. The number of halogens is 2. The maximum absolute atomic E-state index is 6.09. The molecule has 0 fully saturated rings. The van der Waals surface area contributed by atoms with Gasteiger partial charge in [-0.1, -0.05) is 47.5 Å². The molecule has 2 N–H and O–H groups in total. The Labute approximate surface area is 132 Å². The second kappa shape index (κ2) is 5.80. The van der Waals surface area contributed by atoms with Crippen LogP contribution in [0.25, 0.3) is 10.9 Å². The zero-order valence-corrected chi connectivity index (χ0v) is 12.5. The van der Waals surface area contributed by atoms with Crippen LogP contribution in [-0.4, -0.2) is 4.98 Å². The highest BCUT2D eigenvalue weighted by atomic mass is 35.5. The van der Waals surface area contributed by atoms with Gasteiger partial charge >= 0.3 is 0 Å². The van der Waals surface area contributed by atoms with Gasteiger partial charge in [0.15, 0.2) is 5.75 Å². The number of hydrogen-bond acceptors (Lipinski definition) is 3. The van der Waals surface area contributed by atoms with E-state index in [2.05, 4.69) is 4.98 Å². The summed E-state index contributed by atoms with van der Waals surface area (Å²) in [5.41, 5.74) is 7.89. The van der Waals surface area contributed by atoms with Crippen LogP contribution in [0.1, 0.15) is 5.69 Å². The zero-order chi connectivity index (χ0) is 14.8. The second-order valence-corrected chi connectivity index (χ2v) is 5.41. The van der Waals surface area contributed by atoms with Gasteiger partial charge in [-0.15, -0.1) is 0 Å². The molecule has 0 saturated heterocycles. The Morgan fingerprint density at radius 1 is 1.00 bits per heavy atom.